The van der Waals surface area contributed by atoms with Gasteiger partial charge in [0.1, 0.15) is 5.82 Å². The molecule has 0 fully saturated rings. The first-order valence-electron chi connectivity index (χ1n) is 9.67. The Morgan fingerprint density at radius 3 is 2.20 bits per heavy atom. The van der Waals surface area contributed by atoms with Crippen LogP contribution < -0.4 is 10.2 Å². The van der Waals surface area contributed by atoms with Crippen molar-refractivity contribution in [1.29, 1.82) is 0 Å². The first-order chi connectivity index (χ1) is 14.8. The molecule has 0 atom stereocenters. The molecule has 0 aliphatic rings. The number of carbonyl (C=O) groups excluding carboxylic acids is 1. The number of nitrogens with one attached hydrogen (secondary N) is 1. The number of nitrogens with zero attached hydrogens (tertiary/aromatic N) is 4. The molecule has 2 aromatic heterocycles. The Hall–Kier alpha value is -4.06. The zero-order valence-electron chi connectivity index (χ0n) is 16.3. The molecule has 0 aliphatic heterocycles. The summed E-state index contributed by atoms with van der Waals surface area (Å²) in [5.41, 5.74) is 3.18. The fourth-order valence-corrected chi connectivity index (χ4v) is 3.03. The third kappa shape index (κ3) is 4.86. The van der Waals surface area contributed by atoms with Crippen LogP contribution in [0.4, 0.5) is 11.5 Å². The molecule has 30 heavy (non-hydrogen) atoms. The van der Waals surface area contributed by atoms with E-state index < -0.39 is 0 Å². The number of pyridine rings is 1. The van der Waals surface area contributed by atoms with E-state index in [2.05, 4.69) is 20.5 Å². The minimum absolute atomic E-state index is 0.198. The fourth-order valence-electron chi connectivity index (χ4n) is 3.03. The Bertz CT molecular complexity index is 1070. The van der Waals surface area contributed by atoms with E-state index in [0.29, 0.717) is 24.6 Å². The van der Waals surface area contributed by atoms with Gasteiger partial charge in [-0.3, -0.25) is 9.78 Å². The van der Waals surface area contributed by atoms with Crippen molar-refractivity contribution in [1.82, 2.24) is 15.2 Å². The van der Waals surface area contributed by atoms with E-state index in [9.17, 15) is 4.79 Å². The highest BCUT2D eigenvalue weighted by molar-refractivity contribution is 6.04. The molecule has 4 aromatic rings. The van der Waals surface area contributed by atoms with E-state index >= 15 is 0 Å². The topological polar surface area (TPSA) is 71.0 Å². The Morgan fingerprint density at radius 1 is 0.800 bits per heavy atom. The van der Waals surface area contributed by atoms with Gasteiger partial charge in [0.2, 0.25) is 0 Å². The van der Waals surface area contributed by atoms with Crippen LogP contribution in [0.25, 0.3) is 0 Å². The highest BCUT2D eigenvalue weighted by Crippen LogP contribution is 2.19. The van der Waals surface area contributed by atoms with Gasteiger partial charge in [-0.1, -0.05) is 54.6 Å². The monoisotopic (exact) mass is 395 g/mol. The zero-order valence-corrected chi connectivity index (χ0v) is 16.3. The molecule has 0 bridgehead atoms. The number of amides is 1. The van der Waals surface area contributed by atoms with Gasteiger partial charge < -0.3 is 10.2 Å². The summed E-state index contributed by atoms with van der Waals surface area (Å²) >= 11 is 0. The van der Waals surface area contributed by atoms with Crippen LogP contribution in [0.3, 0.4) is 0 Å². The molecule has 1 N–H and O–H groups in total. The summed E-state index contributed by atoms with van der Waals surface area (Å²) in [5.74, 6) is 0.404. The molecule has 0 aliphatic carbocycles. The highest BCUT2D eigenvalue weighted by Gasteiger charge is 2.20. The van der Waals surface area contributed by atoms with Gasteiger partial charge >= 0.3 is 0 Å². The van der Waals surface area contributed by atoms with Gasteiger partial charge in [0.15, 0.2) is 5.69 Å². The quantitative estimate of drug-likeness (QED) is 0.504. The Kier molecular flexibility index (Phi) is 6.05. The minimum Gasteiger partial charge on any atom is -0.364 e. The second kappa shape index (κ2) is 9.43. The second-order valence-corrected chi connectivity index (χ2v) is 6.73. The zero-order chi connectivity index (χ0) is 20.6. The molecule has 0 saturated heterocycles. The second-order valence-electron chi connectivity index (χ2n) is 6.73. The van der Waals surface area contributed by atoms with E-state index in [-0.39, 0.29) is 5.91 Å². The van der Waals surface area contributed by atoms with Crippen LogP contribution in [-0.4, -0.2) is 21.1 Å². The average molecular weight is 395 g/mol. The van der Waals surface area contributed by atoms with Crippen molar-refractivity contribution in [3.05, 3.63) is 114 Å². The Labute approximate surface area is 175 Å². The predicted molar refractivity (Wildman–Crippen MR) is 117 cm³/mol. The lowest BCUT2D eigenvalue weighted by atomic mass is 10.2. The molecule has 0 unspecified atom stereocenters. The minimum atomic E-state index is -0.198. The lowest BCUT2D eigenvalue weighted by molar-refractivity contribution is 0.0979. The van der Waals surface area contributed by atoms with Crippen molar-refractivity contribution in [3.63, 3.8) is 0 Å². The van der Waals surface area contributed by atoms with Crippen LogP contribution in [0.1, 0.15) is 21.6 Å². The van der Waals surface area contributed by atoms with Crippen molar-refractivity contribution in [2.45, 2.75) is 13.1 Å². The first-order valence-corrected chi connectivity index (χ1v) is 9.67. The number of anilines is 2. The number of rotatable bonds is 7. The SMILES string of the molecule is O=C(c1ccc(NCc2cccnc2)nn1)N(Cc1ccccc1)c1ccccc1. The molecule has 6 heteroatoms. The lowest BCUT2D eigenvalue weighted by Gasteiger charge is -2.22. The molecule has 1 amide bonds. The molecule has 0 spiro atoms. The third-order valence-electron chi connectivity index (χ3n) is 4.58. The van der Waals surface area contributed by atoms with Gasteiger partial charge in [0, 0.05) is 24.6 Å². The Morgan fingerprint density at radius 2 is 1.53 bits per heavy atom. The van der Waals surface area contributed by atoms with Crippen LogP contribution >= 0.6 is 0 Å². The molecule has 6 nitrogen and oxygen atoms in total. The van der Waals surface area contributed by atoms with Gasteiger partial charge in [-0.05, 0) is 41.5 Å². The molecule has 2 heterocycles. The van der Waals surface area contributed by atoms with E-state index in [1.807, 2.05) is 72.8 Å². The van der Waals surface area contributed by atoms with E-state index in [0.717, 1.165) is 16.8 Å². The van der Waals surface area contributed by atoms with Crippen molar-refractivity contribution in [3.8, 4) is 0 Å². The van der Waals surface area contributed by atoms with E-state index in [1.54, 1.807) is 29.4 Å². The molecule has 0 saturated carbocycles. The summed E-state index contributed by atoms with van der Waals surface area (Å²) in [7, 11) is 0. The van der Waals surface area contributed by atoms with Crippen LogP contribution in [0.15, 0.2) is 97.3 Å². The number of benzene rings is 2. The van der Waals surface area contributed by atoms with Gasteiger partial charge in [-0.15, -0.1) is 10.2 Å². The summed E-state index contributed by atoms with van der Waals surface area (Å²) in [6, 6.07) is 26.8. The largest absolute Gasteiger partial charge is 0.364 e. The number of hydrogen-bond acceptors (Lipinski definition) is 5. The van der Waals surface area contributed by atoms with Crippen LogP contribution in [0, 0.1) is 0 Å². The highest BCUT2D eigenvalue weighted by atomic mass is 16.2. The Balaban J connectivity index is 1.51. The molecule has 148 valence electrons. The standard InChI is InChI=1S/C24H21N5O/c30-24(22-13-14-23(28-27-22)26-17-20-10-7-15-25-16-20)29(21-11-5-2-6-12-21)18-19-8-3-1-4-9-19/h1-16H,17-18H2,(H,26,28). The first kappa shape index (κ1) is 19.3. The van der Waals surface area contributed by atoms with Crippen molar-refractivity contribution in [2.75, 3.05) is 10.2 Å². The molecular weight excluding hydrogens is 374 g/mol. The molecular formula is C24H21N5O. The summed E-state index contributed by atoms with van der Waals surface area (Å²) < 4.78 is 0. The van der Waals surface area contributed by atoms with Crippen molar-refractivity contribution in [2.24, 2.45) is 0 Å². The lowest BCUT2D eigenvalue weighted by Crippen LogP contribution is -2.31. The van der Waals surface area contributed by atoms with Crippen molar-refractivity contribution < 1.29 is 4.79 Å². The molecule has 2 aromatic carbocycles. The van der Waals surface area contributed by atoms with Crippen molar-refractivity contribution >= 4 is 17.4 Å². The maximum absolute atomic E-state index is 13.2. The summed E-state index contributed by atoms with van der Waals surface area (Å²) in [6.07, 6.45) is 3.53. The maximum Gasteiger partial charge on any atom is 0.279 e. The number of carbonyl (C=O) groups is 1. The summed E-state index contributed by atoms with van der Waals surface area (Å²) in [4.78, 5) is 19.0. The van der Waals surface area contributed by atoms with Gasteiger partial charge in [0.25, 0.3) is 5.91 Å². The summed E-state index contributed by atoms with van der Waals surface area (Å²) in [6.45, 7) is 1.03. The van der Waals surface area contributed by atoms with E-state index in [4.69, 9.17) is 0 Å². The fraction of sp³-hybridized carbons (Fsp3) is 0.0833. The summed E-state index contributed by atoms with van der Waals surface area (Å²) in [5, 5.41) is 11.5. The van der Waals surface area contributed by atoms with Crippen LogP contribution in [-0.2, 0) is 13.1 Å². The number of hydrogen-bond donors (Lipinski definition) is 1. The maximum atomic E-state index is 13.2. The third-order valence-corrected chi connectivity index (χ3v) is 4.58. The van der Waals surface area contributed by atoms with Crippen LogP contribution in [0.2, 0.25) is 0 Å². The van der Waals surface area contributed by atoms with Gasteiger partial charge in [0.05, 0.1) is 6.54 Å². The average Bonchev–Trinajstić information content (AvgIpc) is 2.83. The number of para-hydroxylation sites is 1. The van der Waals surface area contributed by atoms with E-state index in [1.165, 1.54) is 0 Å². The predicted octanol–water partition coefficient (Wildman–Crippen LogP) is 4.33. The van der Waals surface area contributed by atoms with Gasteiger partial charge in [-0.2, -0.15) is 0 Å². The van der Waals surface area contributed by atoms with Crippen LogP contribution in [0.5, 0.6) is 0 Å². The molecule has 0 radical (unpaired) electrons. The van der Waals surface area contributed by atoms with Gasteiger partial charge in [-0.25, -0.2) is 0 Å². The normalized spacial score (nSPS) is 10.4. The smallest absolute Gasteiger partial charge is 0.279 e. The molecule has 4 rings (SSSR count). The number of aromatic nitrogens is 3.